The van der Waals surface area contributed by atoms with Crippen molar-refractivity contribution in [3.63, 3.8) is 0 Å². The molecule has 3 aromatic rings. The Morgan fingerprint density at radius 2 is 2.00 bits per heavy atom. The Hall–Kier alpha value is -3.07. The third kappa shape index (κ3) is 4.20. The van der Waals surface area contributed by atoms with Crippen molar-refractivity contribution in [2.75, 3.05) is 31.2 Å². The van der Waals surface area contributed by atoms with E-state index in [2.05, 4.69) is 25.0 Å². The molecule has 0 N–H and O–H groups in total. The van der Waals surface area contributed by atoms with Crippen LogP contribution in [0.5, 0.6) is 5.88 Å². The minimum absolute atomic E-state index is 0.0569. The summed E-state index contributed by atoms with van der Waals surface area (Å²) in [5, 5.41) is 3.86. The van der Waals surface area contributed by atoms with Crippen LogP contribution in [0.2, 0.25) is 0 Å². The van der Waals surface area contributed by atoms with Gasteiger partial charge in [-0.15, -0.1) is 0 Å². The molecular formula is C18H18FN5O3. The molecule has 1 aliphatic heterocycles. The first-order valence-electron chi connectivity index (χ1n) is 8.57. The second kappa shape index (κ2) is 7.67. The normalized spacial score (nSPS) is 14.4. The van der Waals surface area contributed by atoms with E-state index in [0.717, 1.165) is 18.8 Å². The molecule has 0 atom stereocenters. The molecule has 0 spiro atoms. The van der Waals surface area contributed by atoms with Gasteiger partial charge in [-0.05, 0) is 19.1 Å². The first-order valence-corrected chi connectivity index (χ1v) is 8.57. The van der Waals surface area contributed by atoms with E-state index < -0.39 is 0 Å². The summed E-state index contributed by atoms with van der Waals surface area (Å²) in [4.78, 5) is 15.2. The van der Waals surface area contributed by atoms with Gasteiger partial charge in [-0.3, -0.25) is 0 Å². The van der Waals surface area contributed by atoms with Gasteiger partial charge in [0.05, 0.1) is 13.2 Å². The quantitative estimate of drug-likeness (QED) is 0.676. The summed E-state index contributed by atoms with van der Waals surface area (Å²) < 4.78 is 29.6. The van der Waals surface area contributed by atoms with Gasteiger partial charge in [0.2, 0.25) is 17.7 Å². The van der Waals surface area contributed by atoms with Crippen molar-refractivity contribution in [2.45, 2.75) is 13.5 Å². The van der Waals surface area contributed by atoms with Gasteiger partial charge in [0, 0.05) is 30.4 Å². The predicted molar refractivity (Wildman–Crippen MR) is 93.8 cm³/mol. The molecule has 1 aliphatic rings. The molecule has 3 heterocycles. The van der Waals surface area contributed by atoms with Gasteiger partial charge in [-0.1, -0.05) is 17.3 Å². The Labute approximate surface area is 155 Å². The third-order valence-electron chi connectivity index (χ3n) is 4.01. The number of aryl methyl sites for hydroxylation is 1. The number of benzene rings is 1. The van der Waals surface area contributed by atoms with Gasteiger partial charge in [0.25, 0.3) is 5.89 Å². The fourth-order valence-corrected chi connectivity index (χ4v) is 2.70. The topological polar surface area (TPSA) is 86.4 Å². The molecule has 0 aliphatic carbocycles. The predicted octanol–water partition coefficient (Wildman–Crippen LogP) is 2.39. The SMILES string of the molecule is Cc1cc(OCc2nc(-c3cccc(F)c3)no2)nc(N2CCOCC2)n1. The van der Waals surface area contributed by atoms with Crippen LogP contribution in [0.25, 0.3) is 11.4 Å². The monoisotopic (exact) mass is 371 g/mol. The highest BCUT2D eigenvalue weighted by Gasteiger charge is 2.16. The second-order valence-electron chi connectivity index (χ2n) is 6.06. The number of anilines is 1. The highest BCUT2D eigenvalue weighted by atomic mass is 19.1. The molecule has 0 saturated carbocycles. The lowest BCUT2D eigenvalue weighted by molar-refractivity contribution is 0.122. The summed E-state index contributed by atoms with van der Waals surface area (Å²) in [5.41, 5.74) is 1.34. The zero-order valence-corrected chi connectivity index (χ0v) is 14.8. The van der Waals surface area contributed by atoms with Crippen LogP contribution in [0.1, 0.15) is 11.6 Å². The summed E-state index contributed by atoms with van der Waals surface area (Å²) in [6.45, 7) is 4.72. The fraction of sp³-hybridized carbons (Fsp3) is 0.333. The van der Waals surface area contributed by atoms with Crippen LogP contribution in [0.15, 0.2) is 34.9 Å². The minimum Gasteiger partial charge on any atom is -0.467 e. The average molecular weight is 371 g/mol. The Kier molecular flexibility index (Phi) is 4.93. The van der Waals surface area contributed by atoms with Gasteiger partial charge in [0.15, 0.2) is 6.61 Å². The molecule has 1 saturated heterocycles. The Morgan fingerprint density at radius 1 is 1.15 bits per heavy atom. The van der Waals surface area contributed by atoms with Crippen LogP contribution >= 0.6 is 0 Å². The third-order valence-corrected chi connectivity index (χ3v) is 4.01. The minimum atomic E-state index is -0.359. The van der Waals surface area contributed by atoms with Gasteiger partial charge in [-0.2, -0.15) is 9.97 Å². The Morgan fingerprint density at radius 3 is 2.81 bits per heavy atom. The van der Waals surface area contributed by atoms with E-state index in [1.807, 2.05) is 6.92 Å². The second-order valence-corrected chi connectivity index (χ2v) is 6.06. The number of ether oxygens (including phenoxy) is 2. The van der Waals surface area contributed by atoms with Gasteiger partial charge in [0.1, 0.15) is 5.82 Å². The highest BCUT2D eigenvalue weighted by Crippen LogP contribution is 2.19. The molecular weight excluding hydrogens is 353 g/mol. The maximum absolute atomic E-state index is 13.3. The summed E-state index contributed by atoms with van der Waals surface area (Å²) in [5.74, 6) is 1.26. The molecule has 0 bridgehead atoms. The number of halogens is 1. The van der Waals surface area contributed by atoms with Crippen LogP contribution in [0.3, 0.4) is 0 Å². The molecule has 4 rings (SSSR count). The summed E-state index contributed by atoms with van der Waals surface area (Å²) in [7, 11) is 0. The summed E-state index contributed by atoms with van der Waals surface area (Å²) in [6, 6.07) is 7.75. The van der Waals surface area contributed by atoms with Crippen LogP contribution < -0.4 is 9.64 Å². The van der Waals surface area contributed by atoms with Crippen molar-refractivity contribution in [1.82, 2.24) is 20.1 Å². The maximum Gasteiger partial charge on any atom is 0.264 e. The van der Waals surface area contributed by atoms with Crippen molar-refractivity contribution in [3.05, 3.63) is 47.7 Å². The van der Waals surface area contributed by atoms with E-state index in [-0.39, 0.29) is 18.3 Å². The number of hydrogen-bond acceptors (Lipinski definition) is 8. The Bertz CT molecular complexity index is 927. The average Bonchev–Trinajstić information content (AvgIpc) is 3.16. The van der Waals surface area contributed by atoms with Gasteiger partial charge in [-0.25, -0.2) is 9.37 Å². The molecule has 0 radical (unpaired) electrons. The maximum atomic E-state index is 13.3. The zero-order chi connectivity index (χ0) is 18.6. The fourth-order valence-electron chi connectivity index (χ4n) is 2.70. The van der Waals surface area contributed by atoms with Crippen molar-refractivity contribution >= 4 is 5.95 Å². The number of hydrogen-bond donors (Lipinski definition) is 0. The molecule has 0 amide bonds. The molecule has 140 valence electrons. The highest BCUT2D eigenvalue weighted by molar-refractivity contribution is 5.53. The first kappa shape index (κ1) is 17.3. The van der Waals surface area contributed by atoms with Crippen LogP contribution in [-0.2, 0) is 11.3 Å². The molecule has 1 aromatic carbocycles. The lowest BCUT2D eigenvalue weighted by Gasteiger charge is -2.27. The van der Waals surface area contributed by atoms with E-state index in [0.29, 0.717) is 36.4 Å². The largest absolute Gasteiger partial charge is 0.467 e. The van der Waals surface area contributed by atoms with E-state index in [4.69, 9.17) is 14.0 Å². The number of rotatable bonds is 5. The van der Waals surface area contributed by atoms with Crippen LogP contribution in [0.4, 0.5) is 10.3 Å². The molecule has 2 aromatic heterocycles. The lowest BCUT2D eigenvalue weighted by Crippen LogP contribution is -2.37. The lowest BCUT2D eigenvalue weighted by atomic mass is 10.2. The zero-order valence-electron chi connectivity index (χ0n) is 14.8. The van der Waals surface area contributed by atoms with E-state index >= 15 is 0 Å². The summed E-state index contributed by atoms with van der Waals surface area (Å²) in [6.07, 6.45) is 0. The van der Waals surface area contributed by atoms with Crippen molar-refractivity contribution < 1.29 is 18.4 Å². The molecule has 0 unspecified atom stereocenters. The first-order chi connectivity index (χ1) is 13.2. The van der Waals surface area contributed by atoms with Gasteiger partial charge < -0.3 is 18.9 Å². The number of nitrogens with zero attached hydrogens (tertiary/aromatic N) is 5. The molecule has 8 nitrogen and oxygen atoms in total. The van der Waals surface area contributed by atoms with Crippen LogP contribution in [-0.4, -0.2) is 46.4 Å². The molecule has 9 heteroatoms. The molecule has 1 fully saturated rings. The van der Waals surface area contributed by atoms with E-state index in [1.165, 1.54) is 12.1 Å². The Balaban J connectivity index is 1.45. The van der Waals surface area contributed by atoms with E-state index in [9.17, 15) is 4.39 Å². The molecule has 27 heavy (non-hydrogen) atoms. The number of morpholine rings is 1. The van der Waals surface area contributed by atoms with Crippen molar-refractivity contribution in [2.24, 2.45) is 0 Å². The van der Waals surface area contributed by atoms with Crippen molar-refractivity contribution in [1.29, 1.82) is 0 Å². The van der Waals surface area contributed by atoms with E-state index in [1.54, 1.807) is 18.2 Å². The summed E-state index contributed by atoms with van der Waals surface area (Å²) >= 11 is 0. The van der Waals surface area contributed by atoms with Crippen molar-refractivity contribution in [3.8, 4) is 17.3 Å². The standard InChI is InChI=1S/C18H18FN5O3/c1-12-9-15(22-18(20-12)24-5-7-25-8-6-24)26-11-16-21-17(23-27-16)13-3-2-4-14(19)10-13/h2-4,9-10H,5-8,11H2,1H3. The smallest absolute Gasteiger partial charge is 0.264 e. The van der Waals surface area contributed by atoms with Gasteiger partial charge >= 0.3 is 0 Å². The van der Waals surface area contributed by atoms with Crippen LogP contribution in [0, 0.1) is 12.7 Å². The number of aromatic nitrogens is 4.